The highest BCUT2D eigenvalue weighted by atomic mass is 16.6. The van der Waals surface area contributed by atoms with E-state index < -0.39 is 12.3 Å². The van der Waals surface area contributed by atoms with Gasteiger partial charge in [0.15, 0.2) is 6.29 Å². The third-order valence-electron chi connectivity index (χ3n) is 7.24. The molecule has 8 nitrogen and oxygen atoms in total. The van der Waals surface area contributed by atoms with Crippen LogP contribution >= 0.6 is 0 Å². The monoisotopic (exact) mass is 554 g/mol. The van der Waals surface area contributed by atoms with Gasteiger partial charge in [0.2, 0.25) is 0 Å². The van der Waals surface area contributed by atoms with Crippen LogP contribution in [0.2, 0.25) is 0 Å². The third kappa shape index (κ3) is 14.4. The van der Waals surface area contributed by atoms with Crippen LogP contribution in [-0.4, -0.2) is 66.6 Å². The summed E-state index contributed by atoms with van der Waals surface area (Å²) in [5.41, 5.74) is 0.188. The summed E-state index contributed by atoms with van der Waals surface area (Å²) in [5, 5.41) is 29.1. The van der Waals surface area contributed by atoms with Gasteiger partial charge in [0.1, 0.15) is 17.7 Å². The smallest absolute Gasteiger partial charge is 0.348 e. The summed E-state index contributed by atoms with van der Waals surface area (Å²) in [6.45, 7) is 12.4. The highest BCUT2D eigenvalue weighted by Crippen LogP contribution is 2.16. The topological polar surface area (TPSA) is 110 Å². The van der Waals surface area contributed by atoms with E-state index in [4.69, 9.17) is 9.47 Å². The Kier molecular flexibility index (Phi) is 19.0. The number of esters is 1. The number of allylic oxidation sites excluding steroid dienone is 4. The van der Waals surface area contributed by atoms with E-state index in [9.17, 15) is 20.4 Å². The minimum absolute atomic E-state index is 0.000546. The van der Waals surface area contributed by atoms with Gasteiger partial charge in [-0.1, -0.05) is 66.2 Å². The quantitative estimate of drug-likeness (QED) is 0.0697. The lowest BCUT2D eigenvalue weighted by Gasteiger charge is -2.33. The van der Waals surface area contributed by atoms with E-state index in [1.165, 1.54) is 6.08 Å². The second-order valence-corrected chi connectivity index (χ2v) is 10.3. The van der Waals surface area contributed by atoms with Crippen molar-refractivity contribution < 1.29 is 19.4 Å². The van der Waals surface area contributed by atoms with Gasteiger partial charge in [-0.05, 0) is 61.4 Å². The van der Waals surface area contributed by atoms with Gasteiger partial charge in [0.25, 0.3) is 0 Å². The zero-order valence-corrected chi connectivity index (χ0v) is 25.1. The highest BCUT2D eigenvalue weighted by molar-refractivity contribution is 5.93. The van der Waals surface area contributed by atoms with Crippen LogP contribution < -0.4 is 0 Å². The number of nitriles is 2. The van der Waals surface area contributed by atoms with E-state index in [2.05, 4.69) is 37.5 Å². The molecule has 1 aliphatic rings. The maximum Gasteiger partial charge on any atom is 0.348 e. The molecular formula is C32H50N4O4. The molecule has 0 aliphatic carbocycles. The number of rotatable bonds is 19. The van der Waals surface area contributed by atoms with E-state index in [1.807, 2.05) is 24.5 Å². The largest absolute Gasteiger partial charge is 0.461 e. The lowest BCUT2D eigenvalue weighted by molar-refractivity contribution is -0.140. The molecule has 8 heteroatoms. The first-order valence-electron chi connectivity index (χ1n) is 14.9. The van der Waals surface area contributed by atoms with Gasteiger partial charge >= 0.3 is 5.97 Å². The number of aliphatic hydroxyl groups is 1. The molecule has 40 heavy (non-hydrogen) atoms. The molecule has 1 N–H and O–H groups in total. The summed E-state index contributed by atoms with van der Waals surface area (Å²) in [7, 11) is 0. The lowest BCUT2D eigenvalue weighted by atomic mass is 10.0. The van der Waals surface area contributed by atoms with E-state index >= 15 is 0 Å². The average Bonchev–Trinajstić information content (AvgIpc) is 2.98. The number of unbranched alkanes of at least 4 members (excludes halogenated alkanes) is 2. The van der Waals surface area contributed by atoms with Crippen LogP contribution in [-0.2, 0) is 14.3 Å². The van der Waals surface area contributed by atoms with E-state index in [-0.39, 0.29) is 11.1 Å². The third-order valence-corrected chi connectivity index (χ3v) is 7.24. The van der Waals surface area contributed by atoms with Crippen molar-refractivity contribution in [2.75, 3.05) is 39.4 Å². The fourth-order valence-corrected chi connectivity index (χ4v) is 4.28. The van der Waals surface area contributed by atoms with Gasteiger partial charge in [-0.25, -0.2) is 4.79 Å². The predicted molar refractivity (Wildman–Crippen MR) is 158 cm³/mol. The standard InChI is InChI=1S/C32H50N4O4/c1-5-9-13-27(7-3)25-39-31(37)29(23-33)15-11-17-35-19-21-36(22-20-35)18-12-16-30(24-34)32(38)40-26-28(8-4)14-10-6-2/h11-12,15-18,27-28,31,37H,5-10,13-14,19-22,25-26H2,1-4H3. The number of carbonyl (C=O) groups is 1. The Morgan fingerprint density at radius 2 is 1.38 bits per heavy atom. The Balaban J connectivity index is 2.51. The molecule has 1 aliphatic heterocycles. The summed E-state index contributed by atoms with van der Waals surface area (Å²) >= 11 is 0. The highest BCUT2D eigenvalue weighted by Gasteiger charge is 2.16. The first-order valence-corrected chi connectivity index (χ1v) is 14.9. The normalized spacial score (nSPS) is 17.1. The molecule has 0 spiro atoms. The van der Waals surface area contributed by atoms with Crippen molar-refractivity contribution in [1.29, 1.82) is 10.5 Å². The number of carbonyl (C=O) groups excluding carboxylic acids is 1. The SMILES string of the molecule is CCCCC(CC)COC(=O)C(C#N)=CC=CN1CCN(C=CC=C(C#N)C(O)OCC(CC)CCCC)CC1. The Labute approximate surface area is 242 Å². The van der Waals surface area contributed by atoms with Crippen LogP contribution in [0.15, 0.2) is 47.9 Å². The molecule has 0 radical (unpaired) electrons. The summed E-state index contributed by atoms with van der Waals surface area (Å²) in [4.78, 5) is 16.6. The van der Waals surface area contributed by atoms with E-state index in [1.54, 1.807) is 18.2 Å². The fourth-order valence-electron chi connectivity index (χ4n) is 4.28. The Hall–Kier alpha value is -3.07. The molecular weight excluding hydrogens is 504 g/mol. The van der Waals surface area contributed by atoms with Crippen molar-refractivity contribution >= 4 is 5.97 Å². The zero-order valence-electron chi connectivity index (χ0n) is 25.1. The van der Waals surface area contributed by atoms with Crippen LogP contribution in [0.1, 0.15) is 79.1 Å². The van der Waals surface area contributed by atoms with Gasteiger partial charge in [-0.3, -0.25) is 0 Å². The van der Waals surface area contributed by atoms with Crippen molar-refractivity contribution in [2.45, 2.75) is 85.4 Å². The first-order chi connectivity index (χ1) is 19.4. The molecule has 1 heterocycles. The second-order valence-electron chi connectivity index (χ2n) is 10.3. The average molecular weight is 555 g/mol. The maximum atomic E-state index is 12.3. The number of piperazine rings is 1. The van der Waals surface area contributed by atoms with Gasteiger partial charge in [-0.2, -0.15) is 10.5 Å². The molecule has 1 saturated heterocycles. The number of nitrogens with zero attached hydrogens (tertiary/aromatic N) is 4. The minimum Gasteiger partial charge on any atom is -0.461 e. The summed E-state index contributed by atoms with van der Waals surface area (Å²) in [5.74, 6) is 0.151. The van der Waals surface area contributed by atoms with Crippen LogP contribution in [0.3, 0.4) is 0 Å². The summed E-state index contributed by atoms with van der Waals surface area (Å²) in [6.07, 6.45) is 17.7. The van der Waals surface area contributed by atoms with Crippen molar-refractivity contribution in [2.24, 2.45) is 11.8 Å². The molecule has 0 aromatic heterocycles. The number of hydrogen-bond acceptors (Lipinski definition) is 8. The van der Waals surface area contributed by atoms with Gasteiger partial charge in [0.05, 0.1) is 18.8 Å². The fraction of sp³-hybridized carbons (Fsp3) is 0.656. The maximum absolute atomic E-state index is 12.3. The Morgan fingerprint density at radius 1 is 0.850 bits per heavy atom. The molecule has 0 aromatic rings. The molecule has 3 atom stereocenters. The van der Waals surface area contributed by atoms with Gasteiger partial charge < -0.3 is 24.4 Å². The van der Waals surface area contributed by atoms with Crippen molar-refractivity contribution in [3.8, 4) is 12.1 Å². The van der Waals surface area contributed by atoms with E-state index in [0.29, 0.717) is 25.0 Å². The van der Waals surface area contributed by atoms with Crippen molar-refractivity contribution in [1.82, 2.24) is 9.80 Å². The van der Waals surface area contributed by atoms with Crippen LogP contribution in [0.5, 0.6) is 0 Å². The number of aliphatic hydroxyl groups excluding tert-OH is 1. The zero-order chi connectivity index (χ0) is 29.6. The van der Waals surface area contributed by atoms with Crippen LogP contribution in [0.4, 0.5) is 0 Å². The van der Waals surface area contributed by atoms with Crippen molar-refractivity contribution in [3.63, 3.8) is 0 Å². The lowest BCUT2D eigenvalue weighted by Crippen LogP contribution is -2.41. The molecule has 0 saturated carbocycles. The van der Waals surface area contributed by atoms with Crippen LogP contribution in [0.25, 0.3) is 0 Å². The summed E-state index contributed by atoms with van der Waals surface area (Å²) < 4.78 is 11.0. The molecule has 222 valence electrons. The molecule has 0 bridgehead atoms. The first kappa shape index (κ1) is 35.0. The number of ether oxygens (including phenoxy) is 2. The number of hydrogen-bond donors (Lipinski definition) is 1. The molecule has 1 rings (SSSR count). The molecule has 0 amide bonds. The predicted octanol–water partition coefficient (Wildman–Crippen LogP) is 5.84. The minimum atomic E-state index is -1.22. The molecule has 3 unspecified atom stereocenters. The molecule has 0 aromatic carbocycles. The second kappa shape index (κ2) is 21.7. The van der Waals surface area contributed by atoms with E-state index in [0.717, 1.165) is 77.5 Å². The molecule has 1 fully saturated rings. The van der Waals surface area contributed by atoms with Crippen molar-refractivity contribution in [3.05, 3.63) is 47.9 Å². The Morgan fingerprint density at radius 3 is 1.85 bits per heavy atom. The summed E-state index contributed by atoms with van der Waals surface area (Å²) in [6, 6.07) is 3.98. The van der Waals surface area contributed by atoms with Gasteiger partial charge in [-0.15, -0.1) is 0 Å². The van der Waals surface area contributed by atoms with Crippen LogP contribution in [0, 0.1) is 34.5 Å². The van der Waals surface area contributed by atoms with Gasteiger partial charge in [0, 0.05) is 26.2 Å². The Bertz CT molecular complexity index is 920.